The number of hydrogen-bond donors (Lipinski definition) is 1. The molecule has 0 fully saturated rings. The van der Waals surface area contributed by atoms with Crippen LogP contribution in [0.2, 0.25) is 0 Å². The van der Waals surface area contributed by atoms with Crippen molar-refractivity contribution in [2.45, 2.75) is 18.0 Å². The minimum atomic E-state index is -4.32. The molecule has 1 N–H and O–H groups in total. The molecule has 1 atom stereocenters. The Labute approximate surface area is 95.7 Å². The maximum atomic E-state index is 12.3. The lowest BCUT2D eigenvalue weighted by Crippen LogP contribution is -2.29. The van der Waals surface area contributed by atoms with Crippen LogP contribution in [0.1, 0.15) is 5.56 Å². The molecule has 5 heteroatoms. The highest BCUT2D eigenvalue weighted by Crippen LogP contribution is 2.32. The van der Waals surface area contributed by atoms with Crippen LogP contribution < -0.4 is 5.32 Å². The molecule has 0 spiro atoms. The standard InChI is InChI=1S/C11H9F3NS/c12-11(13,14)9-7-16-10(15-9)6-8-4-2-1-3-5-8/h1-5,10,15H,6H2. The number of alkyl halides is 3. The van der Waals surface area contributed by atoms with Crippen molar-refractivity contribution < 1.29 is 13.2 Å². The zero-order valence-corrected chi connectivity index (χ0v) is 9.03. The number of allylic oxidation sites excluding steroid dienone is 1. The van der Waals surface area contributed by atoms with Gasteiger partial charge in [0.25, 0.3) is 0 Å². The maximum Gasteiger partial charge on any atom is 0.432 e. The molecule has 1 nitrogen and oxygen atoms in total. The minimum absolute atomic E-state index is 0.279. The first-order valence-electron chi connectivity index (χ1n) is 4.72. The Morgan fingerprint density at radius 1 is 1.25 bits per heavy atom. The van der Waals surface area contributed by atoms with E-state index in [1.807, 2.05) is 30.3 Å². The van der Waals surface area contributed by atoms with Gasteiger partial charge in [-0.05, 0) is 5.56 Å². The van der Waals surface area contributed by atoms with Gasteiger partial charge < -0.3 is 5.32 Å². The molecule has 0 saturated carbocycles. The van der Waals surface area contributed by atoms with Gasteiger partial charge in [0, 0.05) is 6.42 Å². The number of benzene rings is 1. The summed E-state index contributed by atoms with van der Waals surface area (Å²) in [5.74, 6) is 0. The minimum Gasteiger partial charge on any atom is -0.368 e. The van der Waals surface area contributed by atoms with Gasteiger partial charge in [0.1, 0.15) is 5.70 Å². The molecule has 1 aromatic carbocycles. The third kappa shape index (κ3) is 2.72. The van der Waals surface area contributed by atoms with Gasteiger partial charge in [0.15, 0.2) is 0 Å². The van der Waals surface area contributed by atoms with Crippen molar-refractivity contribution in [1.29, 1.82) is 0 Å². The summed E-state index contributed by atoms with van der Waals surface area (Å²) in [6.45, 7) is 0. The van der Waals surface area contributed by atoms with Gasteiger partial charge in [-0.3, -0.25) is 0 Å². The molecule has 1 aromatic rings. The van der Waals surface area contributed by atoms with Crippen LogP contribution in [0.5, 0.6) is 0 Å². The normalized spacial score (nSPS) is 20.4. The van der Waals surface area contributed by atoms with E-state index in [9.17, 15) is 13.2 Å². The van der Waals surface area contributed by atoms with Crippen molar-refractivity contribution in [2.75, 3.05) is 0 Å². The highest BCUT2D eigenvalue weighted by Gasteiger charge is 2.38. The fraction of sp³-hybridized carbons (Fsp3) is 0.273. The third-order valence-corrected chi connectivity index (χ3v) is 3.05. The second kappa shape index (κ2) is 4.41. The molecule has 16 heavy (non-hydrogen) atoms. The second-order valence-corrected chi connectivity index (χ2v) is 4.42. The van der Waals surface area contributed by atoms with E-state index in [4.69, 9.17) is 0 Å². The summed E-state index contributed by atoms with van der Waals surface area (Å²) >= 11 is 1.05. The van der Waals surface area contributed by atoms with Crippen LogP contribution in [0.25, 0.3) is 0 Å². The fourth-order valence-corrected chi connectivity index (χ4v) is 2.30. The van der Waals surface area contributed by atoms with Gasteiger partial charge in [0.2, 0.25) is 0 Å². The molecule has 2 rings (SSSR count). The van der Waals surface area contributed by atoms with Gasteiger partial charge in [-0.2, -0.15) is 13.2 Å². The van der Waals surface area contributed by atoms with Crippen LogP contribution in [0.3, 0.4) is 0 Å². The molecule has 0 aliphatic carbocycles. The quantitative estimate of drug-likeness (QED) is 0.858. The summed E-state index contributed by atoms with van der Waals surface area (Å²) in [5, 5.41) is 4.41. The predicted molar refractivity (Wildman–Crippen MR) is 57.5 cm³/mol. The number of rotatable bonds is 2. The molecule has 0 aromatic heterocycles. The zero-order valence-electron chi connectivity index (χ0n) is 8.21. The van der Waals surface area contributed by atoms with Crippen LogP contribution in [0.4, 0.5) is 13.2 Å². The van der Waals surface area contributed by atoms with Gasteiger partial charge in [-0.25, -0.2) is 0 Å². The molecule has 1 aliphatic rings. The average molecular weight is 244 g/mol. The number of hydrogen-bond acceptors (Lipinski definition) is 2. The lowest BCUT2D eigenvalue weighted by Gasteiger charge is -2.14. The van der Waals surface area contributed by atoms with Gasteiger partial charge >= 0.3 is 6.18 Å². The average Bonchev–Trinajstić information content (AvgIpc) is 2.67. The molecule has 0 saturated heterocycles. The number of nitrogens with one attached hydrogen (secondary N) is 1. The monoisotopic (exact) mass is 244 g/mol. The highest BCUT2D eigenvalue weighted by atomic mass is 32.2. The Morgan fingerprint density at radius 3 is 2.50 bits per heavy atom. The summed E-state index contributed by atoms with van der Waals surface area (Å²) in [4.78, 5) is 0. The molecule has 1 radical (unpaired) electrons. The molecule has 0 amide bonds. The largest absolute Gasteiger partial charge is 0.432 e. The van der Waals surface area contributed by atoms with E-state index >= 15 is 0 Å². The predicted octanol–water partition coefficient (Wildman–Crippen LogP) is 3.10. The van der Waals surface area contributed by atoms with Crippen LogP contribution in [-0.4, -0.2) is 11.6 Å². The topological polar surface area (TPSA) is 12.0 Å². The van der Waals surface area contributed by atoms with E-state index in [-0.39, 0.29) is 5.37 Å². The van der Waals surface area contributed by atoms with Gasteiger partial charge in [0.05, 0.1) is 10.8 Å². The van der Waals surface area contributed by atoms with Gasteiger partial charge in [-0.1, -0.05) is 42.1 Å². The van der Waals surface area contributed by atoms with Crippen LogP contribution in [0, 0.1) is 5.41 Å². The number of thioether (sulfide) groups is 1. The van der Waals surface area contributed by atoms with E-state index in [1.54, 1.807) is 0 Å². The molecule has 1 heterocycles. The van der Waals surface area contributed by atoms with E-state index in [0.717, 1.165) is 17.3 Å². The molecule has 0 bridgehead atoms. The summed E-state index contributed by atoms with van der Waals surface area (Å²) in [7, 11) is 0. The Morgan fingerprint density at radius 2 is 1.94 bits per heavy atom. The van der Waals surface area contributed by atoms with Crippen molar-refractivity contribution in [3.05, 3.63) is 47.0 Å². The Kier molecular flexibility index (Phi) is 3.14. The van der Waals surface area contributed by atoms with E-state index in [1.165, 1.54) is 0 Å². The lowest BCUT2D eigenvalue weighted by molar-refractivity contribution is -0.0966. The summed E-state index contributed by atoms with van der Waals surface area (Å²) in [6, 6.07) is 9.42. The second-order valence-electron chi connectivity index (χ2n) is 3.42. The van der Waals surface area contributed by atoms with E-state index < -0.39 is 11.9 Å². The molecular formula is C11H9F3NS. The first-order valence-corrected chi connectivity index (χ1v) is 5.60. The van der Waals surface area contributed by atoms with Crippen molar-refractivity contribution in [3.8, 4) is 0 Å². The van der Waals surface area contributed by atoms with Crippen molar-refractivity contribution in [2.24, 2.45) is 0 Å². The molecular weight excluding hydrogens is 235 g/mol. The summed E-state index contributed by atoms with van der Waals surface area (Å²) in [6.07, 6.45) is -3.77. The van der Waals surface area contributed by atoms with Crippen LogP contribution in [-0.2, 0) is 6.42 Å². The Balaban J connectivity index is 1.93. The fourth-order valence-electron chi connectivity index (χ4n) is 1.41. The maximum absolute atomic E-state index is 12.3. The smallest absolute Gasteiger partial charge is 0.368 e. The molecule has 1 unspecified atom stereocenters. The molecule has 85 valence electrons. The molecule has 1 aliphatic heterocycles. The SMILES string of the molecule is FC(F)(F)C1=[C]SC(Cc2ccccc2)N1. The third-order valence-electron chi connectivity index (χ3n) is 2.16. The Bertz CT molecular complexity index is 386. The lowest BCUT2D eigenvalue weighted by atomic mass is 10.1. The van der Waals surface area contributed by atoms with Crippen LogP contribution in [0.15, 0.2) is 36.0 Å². The zero-order chi connectivity index (χ0) is 11.6. The van der Waals surface area contributed by atoms with Crippen molar-refractivity contribution in [1.82, 2.24) is 5.32 Å². The Hall–Kier alpha value is -1.10. The summed E-state index contributed by atoms with van der Waals surface area (Å²) in [5.41, 5.74) is 0.246. The van der Waals surface area contributed by atoms with Crippen molar-refractivity contribution >= 4 is 11.8 Å². The number of halogens is 3. The van der Waals surface area contributed by atoms with Gasteiger partial charge in [-0.15, -0.1) is 0 Å². The van der Waals surface area contributed by atoms with Crippen molar-refractivity contribution in [3.63, 3.8) is 0 Å². The van der Waals surface area contributed by atoms with Crippen LogP contribution >= 0.6 is 11.8 Å². The van der Waals surface area contributed by atoms with E-state index in [0.29, 0.717) is 6.42 Å². The first-order chi connectivity index (χ1) is 7.55. The van der Waals surface area contributed by atoms with E-state index in [2.05, 4.69) is 10.7 Å². The summed E-state index contributed by atoms with van der Waals surface area (Å²) < 4.78 is 36.9. The highest BCUT2D eigenvalue weighted by molar-refractivity contribution is 8.01. The first kappa shape index (κ1) is 11.4.